The molecule has 0 aromatic carbocycles. The topological polar surface area (TPSA) is 59.6 Å². The second kappa shape index (κ2) is 7.64. The molecule has 2 rings (SSSR count). The maximum absolute atomic E-state index is 11.9. The molecule has 4 atom stereocenters. The summed E-state index contributed by atoms with van der Waals surface area (Å²) >= 11 is 0. The molecule has 1 saturated heterocycles. The lowest BCUT2D eigenvalue weighted by Crippen LogP contribution is -2.49. The highest BCUT2D eigenvalue weighted by molar-refractivity contribution is 5.68. The molecule has 0 aromatic rings. The standard InChI is InChI=1S/C17H32N2O3/c1-12-10-15(8-9-21-12)18-13-6-5-7-14(11-13)19-16(20)22-17(2,3)4/h12-15,18H,5-11H2,1-4H3,(H,19,20). The number of alkyl carbamates (subject to hydrolysis) is 1. The van der Waals surface area contributed by atoms with Gasteiger partial charge in [-0.3, -0.25) is 0 Å². The number of carbonyl (C=O) groups excluding carboxylic acids is 1. The van der Waals surface area contributed by atoms with Crippen molar-refractivity contribution in [1.29, 1.82) is 0 Å². The number of hydrogen-bond donors (Lipinski definition) is 2. The number of carbonyl (C=O) groups is 1. The van der Waals surface area contributed by atoms with E-state index in [2.05, 4.69) is 17.6 Å². The van der Waals surface area contributed by atoms with Crippen molar-refractivity contribution in [2.24, 2.45) is 0 Å². The van der Waals surface area contributed by atoms with Gasteiger partial charge in [-0.2, -0.15) is 0 Å². The van der Waals surface area contributed by atoms with E-state index in [9.17, 15) is 4.79 Å². The third kappa shape index (κ3) is 6.13. The van der Waals surface area contributed by atoms with E-state index in [4.69, 9.17) is 9.47 Å². The molecule has 1 saturated carbocycles. The average Bonchev–Trinajstić information content (AvgIpc) is 2.36. The summed E-state index contributed by atoms with van der Waals surface area (Å²) in [6, 6.07) is 1.26. The van der Waals surface area contributed by atoms with E-state index < -0.39 is 5.60 Å². The maximum Gasteiger partial charge on any atom is 0.407 e. The third-order valence-electron chi connectivity index (χ3n) is 4.35. The number of rotatable bonds is 3. The van der Waals surface area contributed by atoms with Gasteiger partial charge in [0.2, 0.25) is 0 Å². The van der Waals surface area contributed by atoms with Crippen LogP contribution in [-0.2, 0) is 9.47 Å². The smallest absolute Gasteiger partial charge is 0.407 e. The number of nitrogens with one attached hydrogen (secondary N) is 2. The Labute approximate surface area is 134 Å². The highest BCUT2D eigenvalue weighted by Crippen LogP contribution is 2.22. The van der Waals surface area contributed by atoms with Gasteiger partial charge in [-0.1, -0.05) is 0 Å². The predicted octanol–water partition coefficient (Wildman–Crippen LogP) is 2.98. The molecule has 4 unspecified atom stereocenters. The normalized spacial score (nSPS) is 33.3. The first-order valence-corrected chi connectivity index (χ1v) is 8.69. The van der Waals surface area contributed by atoms with Crippen LogP contribution >= 0.6 is 0 Å². The van der Waals surface area contributed by atoms with Crippen molar-refractivity contribution >= 4 is 6.09 Å². The zero-order valence-electron chi connectivity index (χ0n) is 14.5. The summed E-state index contributed by atoms with van der Waals surface area (Å²) in [6.07, 6.45) is 6.61. The van der Waals surface area contributed by atoms with Crippen molar-refractivity contribution in [3.05, 3.63) is 0 Å². The molecule has 128 valence electrons. The van der Waals surface area contributed by atoms with E-state index in [1.807, 2.05) is 20.8 Å². The van der Waals surface area contributed by atoms with E-state index in [0.29, 0.717) is 18.2 Å². The van der Waals surface area contributed by atoms with Crippen LogP contribution in [0.5, 0.6) is 0 Å². The quantitative estimate of drug-likeness (QED) is 0.841. The molecule has 1 heterocycles. The fourth-order valence-electron chi connectivity index (χ4n) is 3.43. The Morgan fingerprint density at radius 1 is 1.09 bits per heavy atom. The highest BCUT2D eigenvalue weighted by Gasteiger charge is 2.28. The van der Waals surface area contributed by atoms with E-state index >= 15 is 0 Å². The molecule has 1 aliphatic heterocycles. The van der Waals surface area contributed by atoms with Crippen LogP contribution in [0.15, 0.2) is 0 Å². The van der Waals surface area contributed by atoms with Gasteiger partial charge in [0, 0.05) is 24.7 Å². The van der Waals surface area contributed by atoms with Crippen LogP contribution in [0.1, 0.15) is 66.2 Å². The first kappa shape index (κ1) is 17.5. The van der Waals surface area contributed by atoms with Gasteiger partial charge in [0.15, 0.2) is 0 Å². The van der Waals surface area contributed by atoms with Crippen molar-refractivity contribution < 1.29 is 14.3 Å². The lowest BCUT2D eigenvalue weighted by Gasteiger charge is -2.36. The predicted molar refractivity (Wildman–Crippen MR) is 87.0 cm³/mol. The minimum Gasteiger partial charge on any atom is -0.444 e. The molecular formula is C17H32N2O3. The highest BCUT2D eigenvalue weighted by atomic mass is 16.6. The zero-order valence-corrected chi connectivity index (χ0v) is 14.5. The summed E-state index contributed by atoms with van der Waals surface area (Å²) in [4.78, 5) is 11.9. The summed E-state index contributed by atoms with van der Waals surface area (Å²) < 4.78 is 11.0. The number of amides is 1. The molecule has 0 aromatic heterocycles. The van der Waals surface area contributed by atoms with Gasteiger partial charge in [0.25, 0.3) is 0 Å². The minimum atomic E-state index is -0.436. The first-order chi connectivity index (χ1) is 10.3. The van der Waals surface area contributed by atoms with E-state index in [-0.39, 0.29) is 12.1 Å². The summed E-state index contributed by atoms with van der Waals surface area (Å²) in [6.45, 7) is 8.67. The molecule has 0 spiro atoms. The van der Waals surface area contributed by atoms with E-state index in [1.165, 1.54) is 6.42 Å². The Morgan fingerprint density at radius 3 is 2.45 bits per heavy atom. The zero-order chi connectivity index (χ0) is 16.2. The van der Waals surface area contributed by atoms with Gasteiger partial charge in [-0.05, 0) is 66.2 Å². The Morgan fingerprint density at radius 2 is 1.77 bits per heavy atom. The molecule has 0 radical (unpaired) electrons. The molecule has 22 heavy (non-hydrogen) atoms. The molecule has 0 bridgehead atoms. The lowest BCUT2D eigenvalue weighted by molar-refractivity contribution is 0.00990. The van der Waals surface area contributed by atoms with Crippen LogP contribution in [0, 0.1) is 0 Å². The maximum atomic E-state index is 11.9. The van der Waals surface area contributed by atoms with Gasteiger partial charge in [0.05, 0.1) is 6.10 Å². The Bertz CT molecular complexity index is 367. The number of hydrogen-bond acceptors (Lipinski definition) is 4. The van der Waals surface area contributed by atoms with Crippen LogP contribution in [0.25, 0.3) is 0 Å². The fourth-order valence-corrected chi connectivity index (χ4v) is 3.43. The summed E-state index contributed by atoms with van der Waals surface area (Å²) in [5.74, 6) is 0. The van der Waals surface area contributed by atoms with E-state index in [0.717, 1.165) is 38.7 Å². The van der Waals surface area contributed by atoms with Crippen LogP contribution in [0.4, 0.5) is 4.79 Å². The second-order valence-corrected chi connectivity index (χ2v) is 7.78. The first-order valence-electron chi connectivity index (χ1n) is 8.69. The molecule has 2 aliphatic rings. The van der Waals surface area contributed by atoms with Crippen molar-refractivity contribution in [2.75, 3.05) is 6.61 Å². The summed E-state index contributed by atoms with van der Waals surface area (Å²) in [7, 11) is 0. The van der Waals surface area contributed by atoms with Crippen molar-refractivity contribution in [1.82, 2.24) is 10.6 Å². The van der Waals surface area contributed by atoms with Crippen LogP contribution in [0.2, 0.25) is 0 Å². The Kier molecular flexibility index (Phi) is 6.09. The molecule has 2 N–H and O–H groups in total. The average molecular weight is 312 g/mol. The summed E-state index contributed by atoms with van der Waals surface area (Å²) in [5.41, 5.74) is -0.436. The van der Waals surface area contributed by atoms with E-state index in [1.54, 1.807) is 0 Å². The Hall–Kier alpha value is -0.810. The molecule has 1 aliphatic carbocycles. The monoisotopic (exact) mass is 312 g/mol. The van der Waals surface area contributed by atoms with Crippen LogP contribution < -0.4 is 10.6 Å². The molecular weight excluding hydrogens is 280 g/mol. The molecule has 5 heteroatoms. The Balaban J connectivity index is 1.75. The van der Waals surface area contributed by atoms with Gasteiger partial charge >= 0.3 is 6.09 Å². The van der Waals surface area contributed by atoms with Crippen molar-refractivity contribution in [2.45, 2.75) is 96.1 Å². The second-order valence-electron chi connectivity index (χ2n) is 7.78. The fraction of sp³-hybridized carbons (Fsp3) is 0.941. The van der Waals surface area contributed by atoms with Gasteiger partial charge < -0.3 is 20.1 Å². The SMILES string of the molecule is CC1CC(NC2CCCC(NC(=O)OC(C)(C)C)C2)CCO1. The van der Waals surface area contributed by atoms with Gasteiger partial charge in [-0.25, -0.2) is 4.79 Å². The van der Waals surface area contributed by atoms with Crippen molar-refractivity contribution in [3.63, 3.8) is 0 Å². The van der Waals surface area contributed by atoms with Gasteiger partial charge in [0.1, 0.15) is 5.60 Å². The van der Waals surface area contributed by atoms with Crippen LogP contribution in [-0.4, -0.2) is 42.5 Å². The molecule has 2 fully saturated rings. The van der Waals surface area contributed by atoms with Crippen molar-refractivity contribution in [3.8, 4) is 0 Å². The summed E-state index contributed by atoms with van der Waals surface area (Å²) in [5, 5.41) is 6.79. The lowest BCUT2D eigenvalue weighted by atomic mass is 9.89. The minimum absolute atomic E-state index is 0.221. The van der Waals surface area contributed by atoms with Gasteiger partial charge in [-0.15, -0.1) is 0 Å². The largest absolute Gasteiger partial charge is 0.444 e. The number of ether oxygens (including phenoxy) is 2. The third-order valence-corrected chi connectivity index (χ3v) is 4.35. The molecule has 1 amide bonds. The van der Waals surface area contributed by atoms with Crippen LogP contribution in [0.3, 0.4) is 0 Å². The molecule has 5 nitrogen and oxygen atoms in total.